The number of halogens is 2. The summed E-state index contributed by atoms with van der Waals surface area (Å²) in [6.07, 6.45) is -1.57. The molecule has 2 N–H and O–H groups in total. The van der Waals surface area contributed by atoms with E-state index in [0.717, 1.165) is 23.8 Å². The number of rotatable bonds is 5. The predicted octanol–water partition coefficient (Wildman–Crippen LogP) is 3.39. The molecule has 0 radical (unpaired) electrons. The molecule has 0 spiro atoms. The lowest BCUT2D eigenvalue weighted by Gasteiger charge is -2.15. The molecule has 0 saturated heterocycles. The molecule has 2 aromatic carbocycles. The molecule has 2 aromatic rings. The van der Waals surface area contributed by atoms with Crippen LogP contribution < -0.4 is 5.73 Å². The Labute approximate surface area is 133 Å². The minimum Gasteiger partial charge on any atom is -0.467 e. The van der Waals surface area contributed by atoms with Gasteiger partial charge in [0.25, 0.3) is 0 Å². The highest BCUT2D eigenvalue weighted by atomic mass is 35.5. The Balaban J connectivity index is 2.08. The number of hydrogen-bond acceptors (Lipinski definition) is 3. The Kier molecular flexibility index (Phi) is 5.52. The number of carbonyl (C=O) groups is 1. The highest BCUT2D eigenvalue weighted by molar-refractivity contribution is 6.30. The number of hydrogen-bond donors (Lipinski definition) is 1. The van der Waals surface area contributed by atoms with Gasteiger partial charge in [-0.1, -0.05) is 48.0 Å². The Morgan fingerprint density at radius 2 is 1.91 bits per heavy atom. The van der Waals surface area contributed by atoms with E-state index in [2.05, 4.69) is 4.74 Å². The highest BCUT2D eigenvalue weighted by Gasteiger charge is 2.25. The molecule has 0 aliphatic rings. The van der Waals surface area contributed by atoms with Gasteiger partial charge in [0.05, 0.1) is 13.2 Å². The minimum atomic E-state index is -1.82. The average Bonchev–Trinajstić information content (AvgIpc) is 2.54. The van der Waals surface area contributed by atoms with Crippen molar-refractivity contribution in [1.29, 1.82) is 0 Å². The number of esters is 1. The van der Waals surface area contributed by atoms with Crippen molar-refractivity contribution in [3.63, 3.8) is 0 Å². The van der Waals surface area contributed by atoms with Crippen molar-refractivity contribution in [3.05, 3.63) is 59.1 Å². The molecule has 2 unspecified atom stereocenters. The largest absolute Gasteiger partial charge is 0.467 e. The number of ether oxygens (including phenoxy) is 1. The molecule has 2 atom stereocenters. The van der Waals surface area contributed by atoms with Crippen molar-refractivity contribution in [2.75, 3.05) is 7.11 Å². The van der Waals surface area contributed by atoms with Crippen LogP contribution in [0.25, 0.3) is 11.1 Å². The van der Waals surface area contributed by atoms with Crippen LogP contribution in [-0.4, -0.2) is 25.3 Å². The van der Waals surface area contributed by atoms with Crippen LogP contribution in [-0.2, 0) is 16.0 Å². The summed E-state index contributed by atoms with van der Waals surface area (Å²) in [5.74, 6) is -0.942. The second-order valence-electron chi connectivity index (χ2n) is 5.00. The number of carbonyl (C=O) groups excluding carboxylic acids is 1. The molecular weight excluding hydrogens is 305 g/mol. The lowest BCUT2D eigenvalue weighted by Crippen LogP contribution is -2.39. The van der Waals surface area contributed by atoms with Crippen molar-refractivity contribution in [1.82, 2.24) is 0 Å². The van der Waals surface area contributed by atoms with Crippen LogP contribution in [0.5, 0.6) is 0 Å². The van der Waals surface area contributed by atoms with Crippen molar-refractivity contribution < 1.29 is 13.9 Å². The minimum absolute atomic E-state index is 0.256. The monoisotopic (exact) mass is 321 g/mol. The molecule has 0 heterocycles. The van der Waals surface area contributed by atoms with Gasteiger partial charge in [0.1, 0.15) is 0 Å². The van der Waals surface area contributed by atoms with E-state index < -0.39 is 18.2 Å². The molecule has 2 rings (SSSR count). The summed E-state index contributed by atoms with van der Waals surface area (Å²) in [6, 6.07) is 14.2. The standard InChI is InChI=1S/C17H17ClFNO2/c1-22-17(21)16(19)15(20)9-11-5-7-12(8-6-11)13-3-2-4-14(18)10-13/h2-8,10,15-16H,9,20H2,1H3. The lowest BCUT2D eigenvalue weighted by atomic mass is 9.99. The van der Waals surface area contributed by atoms with Crippen LogP contribution in [0.15, 0.2) is 48.5 Å². The molecule has 3 nitrogen and oxygen atoms in total. The van der Waals surface area contributed by atoms with Crippen molar-refractivity contribution in [2.45, 2.75) is 18.6 Å². The van der Waals surface area contributed by atoms with Gasteiger partial charge < -0.3 is 10.5 Å². The van der Waals surface area contributed by atoms with E-state index in [-0.39, 0.29) is 6.42 Å². The van der Waals surface area contributed by atoms with Crippen LogP contribution in [0, 0.1) is 0 Å². The second-order valence-corrected chi connectivity index (χ2v) is 5.44. The zero-order chi connectivity index (χ0) is 16.1. The first-order valence-corrected chi connectivity index (χ1v) is 7.21. The van der Waals surface area contributed by atoms with E-state index in [0.29, 0.717) is 5.02 Å². The van der Waals surface area contributed by atoms with E-state index in [9.17, 15) is 9.18 Å². The first-order valence-electron chi connectivity index (χ1n) is 6.83. The smallest absolute Gasteiger partial charge is 0.342 e. The van der Waals surface area contributed by atoms with Gasteiger partial charge in [-0.3, -0.25) is 0 Å². The summed E-state index contributed by atoms with van der Waals surface area (Å²) in [5, 5.41) is 0.668. The fraction of sp³-hybridized carbons (Fsp3) is 0.235. The topological polar surface area (TPSA) is 52.3 Å². The predicted molar refractivity (Wildman–Crippen MR) is 85.5 cm³/mol. The second kappa shape index (κ2) is 7.38. The Morgan fingerprint density at radius 3 is 2.50 bits per heavy atom. The van der Waals surface area contributed by atoms with Gasteiger partial charge in [-0.15, -0.1) is 0 Å². The van der Waals surface area contributed by atoms with Crippen LogP contribution in [0.1, 0.15) is 5.56 Å². The summed E-state index contributed by atoms with van der Waals surface area (Å²) in [6.45, 7) is 0. The van der Waals surface area contributed by atoms with Gasteiger partial charge in [0.2, 0.25) is 6.17 Å². The van der Waals surface area contributed by atoms with Crippen LogP contribution in [0.3, 0.4) is 0 Å². The molecule has 0 aromatic heterocycles. The quantitative estimate of drug-likeness (QED) is 0.859. The maximum Gasteiger partial charge on any atom is 0.342 e. The summed E-state index contributed by atoms with van der Waals surface area (Å²) >= 11 is 5.97. The summed E-state index contributed by atoms with van der Waals surface area (Å²) in [7, 11) is 1.14. The molecule has 0 aliphatic heterocycles. The average molecular weight is 322 g/mol. The highest BCUT2D eigenvalue weighted by Crippen LogP contribution is 2.23. The SMILES string of the molecule is COC(=O)C(F)C(N)Cc1ccc(-c2cccc(Cl)c2)cc1. The third kappa shape index (κ3) is 4.06. The van der Waals surface area contributed by atoms with Gasteiger partial charge in [-0.2, -0.15) is 0 Å². The maximum absolute atomic E-state index is 13.7. The summed E-state index contributed by atoms with van der Waals surface area (Å²) < 4.78 is 18.0. The molecular formula is C17H17ClFNO2. The van der Waals surface area contributed by atoms with Gasteiger partial charge in [-0.05, 0) is 35.2 Å². The van der Waals surface area contributed by atoms with Crippen LogP contribution in [0.4, 0.5) is 4.39 Å². The fourth-order valence-corrected chi connectivity index (χ4v) is 2.35. The van der Waals surface area contributed by atoms with E-state index in [1.165, 1.54) is 0 Å². The number of benzene rings is 2. The van der Waals surface area contributed by atoms with Gasteiger partial charge in [-0.25, -0.2) is 9.18 Å². The third-order valence-electron chi connectivity index (χ3n) is 3.39. The molecule has 0 amide bonds. The third-order valence-corrected chi connectivity index (χ3v) is 3.62. The van der Waals surface area contributed by atoms with Crippen molar-refractivity contribution >= 4 is 17.6 Å². The zero-order valence-electron chi connectivity index (χ0n) is 12.1. The van der Waals surface area contributed by atoms with E-state index in [1.807, 2.05) is 48.5 Å². The summed E-state index contributed by atoms with van der Waals surface area (Å²) in [4.78, 5) is 11.1. The van der Waals surface area contributed by atoms with Crippen LogP contribution >= 0.6 is 11.6 Å². The molecule has 0 fully saturated rings. The zero-order valence-corrected chi connectivity index (χ0v) is 12.9. The molecule has 0 saturated carbocycles. The lowest BCUT2D eigenvalue weighted by molar-refractivity contribution is -0.147. The number of alkyl halides is 1. The molecule has 0 aliphatic carbocycles. The van der Waals surface area contributed by atoms with E-state index >= 15 is 0 Å². The molecule has 5 heteroatoms. The van der Waals surface area contributed by atoms with Gasteiger partial charge in [0, 0.05) is 5.02 Å². The molecule has 0 bridgehead atoms. The Hall–Kier alpha value is -1.91. The molecule has 22 heavy (non-hydrogen) atoms. The van der Waals surface area contributed by atoms with Gasteiger partial charge >= 0.3 is 5.97 Å². The van der Waals surface area contributed by atoms with Crippen molar-refractivity contribution in [3.8, 4) is 11.1 Å². The van der Waals surface area contributed by atoms with Crippen molar-refractivity contribution in [2.24, 2.45) is 5.73 Å². The Bertz CT molecular complexity index is 645. The normalized spacial score (nSPS) is 13.5. The summed E-state index contributed by atoms with van der Waals surface area (Å²) in [5.41, 5.74) is 8.56. The number of nitrogens with two attached hydrogens (primary N) is 1. The molecule has 116 valence electrons. The first-order chi connectivity index (χ1) is 10.5. The Morgan fingerprint density at radius 1 is 1.23 bits per heavy atom. The maximum atomic E-state index is 13.7. The fourth-order valence-electron chi connectivity index (χ4n) is 2.16. The number of methoxy groups -OCH3 is 1. The van der Waals surface area contributed by atoms with Crippen LogP contribution in [0.2, 0.25) is 5.02 Å². The van der Waals surface area contributed by atoms with Gasteiger partial charge in [0.15, 0.2) is 0 Å². The van der Waals surface area contributed by atoms with E-state index in [1.54, 1.807) is 0 Å². The first kappa shape index (κ1) is 16.5. The van der Waals surface area contributed by atoms with E-state index in [4.69, 9.17) is 17.3 Å².